The number of carbonyl (C=O) groups excluding carboxylic acids is 1. The molecule has 0 spiro atoms. The number of nitrogens with zero attached hydrogens (tertiary/aromatic N) is 1. The van der Waals surface area contributed by atoms with Crippen LogP contribution >= 0.6 is 11.3 Å². The normalized spacial score (nSPS) is 14.3. The average Bonchev–Trinajstić information content (AvgIpc) is 2.65. The van der Waals surface area contributed by atoms with E-state index in [-0.39, 0.29) is 11.9 Å². The van der Waals surface area contributed by atoms with Gasteiger partial charge in [-0.25, -0.2) is 4.98 Å². The summed E-state index contributed by atoms with van der Waals surface area (Å²) in [6.07, 6.45) is 2.30. The summed E-state index contributed by atoms with van der Waals surface area (Å²) in [4.78, 5) is 15.9. The number of thiazole rings is 1. The predicted molar refractivity (Wildman–Crippen MR) is 70.7 cm³/mol. The fourth-order valence-electron chi connectivity index (χ4n) is 1.34. The van der Waals surface area contributed by atoms with Crippen LogP contribution in [0.4, 0.5) is 0 Å². The van der Waals surface area contributed by atoms with Crippen molar-refractivity contribution in [3.05, 3.63) is 16.1 Å². The molecule has 1 aromatic heterocycles. The Bertz CT molecular complexity index is 406. The molecule has 96 valence electrons. The molecule has 0 saturated heterocycles. The molecule has 17 heavy (non-hydrogen) atoms. The lowest BCUT2D eigenvalue weighted by molar-refractivity contribution is 0.0939. The third kappa shape index (κ3) is 4.93. The topological polar surface area (TPSA) is 85.1 Å². The average molecular weight is 275 g/mol. The zero-order chi connectivity index (χ0) is 12.8. The largest absolute Gasteiger partial charge is 0.347 e. The van der Waals surface area contributed by atoms with Crippen molar-refractivity contribution in [1.29, 1.82) is 0 Å². The highest BCUT2D eigenvalue weighted by atomic mass is 32.2. The van der Waals surface area contributed by atoms with Crippen molar-refractivity contribution in [2.45, 2.75) is 19.4 Å². The monoisotopic (exact) mass is 275 g/mol. The van der Waals surface area contributed by atoms with E-state index in [1.807, 2.05) is 6.92 Å². The second-order valence-corrected chi connectivity index (χ2v) is 6.20. The van der Waals surface area contributed by atoms with Crippen LogP contribution in [0.2, 0.25) is 0 Å². The van der Waals surface area contributed by atoms with Crippen LogP contribution in [0.1, 0.15) is 22.4 Å². The van der Waals surface area contributed by atoms with Gasteiger partial charge >= 0.3 is 0 Å². The van der Waals surface area contributed by atoms with Gasteiger partial charge in [-0.2, -0.15) is 0 Å². The molecule has 0 aromatic carbocycles. The number of rotatable bonds is 6. The zero-order valence-electron chi connectivity index (χ0n) is 9.93. The third-order valence-electron chi connectivity index (χ3n) is 2.00. The first-order valence-corrected chi connectivity index (χ1v) is 7.89. The van der Waals surface area contributed by atoms with Gasteiger partial charge in [-0.15, -0.1) is 11.3 Å². The maximum absolute atomic E-state index is 11.8. The van der Waals surface area contributed by atoms with Gasteiger partial charge in [0.15, 0.2) is 0 Å². The second-order valence-electron chi connectivity index (χ2n) is 3.78. The number of amides is 1. The van der Waals surface area contributed by atoms with Gasteiger partial charge in [0.25, 0.3) is 5.91 Å². The van der Waals surface area contributed by atoms with E-state index in [0.29, 0.717) is 24.4 Å². The van der Waals surface area contributed by atoms with Gasteiger partial charge in [0.05, 0.1) is 5.01 Å². The molecule has 2 unspecified atom stereocenters. The van der Waals surface area contributed by atoms with Crippen molar-refractivity contribution >= 4 is 28.0 Å². The summed E-state index contributed by atoms with van der Waals surface area (Å²) in [6, 6.07) is -0.118. The van der Waals surface area contributed by atoms with Crippen LogP contribution in [0, 0.1) is 0 Å². The first-order valence-electron chi connectivity index (χ1n) is 5.28. The van der Waals surface area contributed by atoms with Crippen LogP contribution in [0.5, 0.6) is 0 Å². The van der Waals surface area contributed by atoms with Gasteiger partial charge in [-0.3, -0.25) is 9.00 Å². The van der Waals surface area contributed by atoms with Crippen LogP contribution in [0.15, 0.2) is 5.38 Å². The van der Waals surface area contributed by atoms with Crippen molar-refractivity contribution in [1.82, 2.24) is 10.3 Å². The molecule has 7 heteroatoms. The molecule has 0 aliphatic carbocycles. The summed E-state index contributed by atoms with van der Waals surface area (Å²) >= 11 is 1.43. The zero-order valence-corrected chi connectivity index (χ0v) is 11.6. The minimum atomic E-state index is -0.915. The van der Waals surface area contributed by atoms with Gasteiger partial charge < -0.3 is 11.1 Å². The third-order valence-corrected chi connectivity index (χ3v) is 3.88. The number of nitrogens with two attached hydrogens (primary N) is 1. The maximum Gasteiger partial charge on any atom is 0.270 e. The SMILES string of the molecule is CC(CS(C)=O)NC(=O)c1csc(CCN)n1. The van der Waals surface area contributed by atoms with E-state index in [0.717, 1.165) is 5.01 Å². The van der Waals surface area contributed by atoms with Crippen molar-refractivity contribution in [3.8, 4) is 0 Å². The highest BCUT2D eigenvalue weighted by molar-refractivity contribution is 7.84. The van der Waals surface area contributed by atoms with Crippen LogP contribution in [0.25, 0.3) is 0 Å². The Morgan fingerprint density at radius 3 is 3.00 bits per heavy atom. The van der Waals surface area contributed by atoms with E-state index in [2.05, 4.69) is 10.3 Å². The van der Waals surface area contributed by atoms with Crippen molar-refractivity contribution < 1.29 is 9.00 Å². The predicted octanol–water partition coefficient (Wildman–Crippen LogP) is 0.141. The molecule has 0 fully saturated rings. The molecular weight excluding hydrogens is 258 g/mol. The maximum atomic E-state index is 11.8. The smallest absolute Gasteiger partial charge is 0.270 e. The number of carbonyl (C=O) groups is 1. The number of hydrogen-bond donors (Lipinski definition) is 2. The standard InChI is InChI=1S/C10H17N3O2S2/c1-7(6-17(2)15)12-10(14)8-5-16-9(13-8)3-4-11/h5,7H,3-4,6,11H2,1-2H3,(H,12,14). The summed E-state index contributed by atoms with van der Waals surface area (Å²) < 4.78 is 11.0. The molecule has 1 heterocycles. The van der Waals surface area contributed by atoms with Gasteiger partial charge in [0, 0.05) is 40.7 Å². The summed E-state index contributed by atoms with van der Waals surface area (Å²) in [7, 11) is -0.915. The minimum Gasteiger partial charge on any atom is -0.347 e. The van der Waals surface area contributed by atoms with E-state index in [1.165, 1.54) is 11.3 Å². The van der Waals surface area contributed by atoms with Gasteiger partial charge in [-0.05, 0) is 13.5 Å². The van der Waals surface area contributed by atoms with Crippen molar-refractivity contribution in [3.63, 3.8) is 0 Å². The molecule has 0 radical (unpaired) electrons. The lowest BCUT2D eigenvalue weighted by atomic mass is 10.3. The molecule has 1 amide bonds. The molecule has 3 N–H and O–H groups in total. The number of nitrogens with one attached hydrogen (secondary N) is 1. The lowest BCUT2D eigenvalue weighted by Gasteiger charge is -2.10. The van der Waals surface area contributed by atoms with Gasteiger partial charge in [0.1, 0.15) is 5.69 Å². The van der Waals surface area contributed by atoms with E-state index < -0.39 is 10.8 Å². The lowest BCUT2D eigenvalue weighted by Crippen LogP contribution is -2.36. The number of aromatic nitrogens is 1. The number of hydrogen-bond acceptors (Lipinski definition) is 5. The van der Waals surface area contributed by atoms with Crippen LogP contribution < -0.4 is 11.1 Å². The van der Waals surface area contributed by atoms with Gasteiger partial charge in [-0.1, -0.05) is 0 Å². The molecule has 0 aliphatic heterocycles. The molecule has 0 aliphatic rings. The summed E-state index contributed by atoms with van der Waals surface area (Å²) in [5.41, 5.74) is 5.82. The summed E-state index contributed by atoms with van der Waals surface area (Å²) in [6.45, 7) is 2.35. The fourth-order valence-corrected chi connectivity index (χ4v) is 2.93. The van der Waals surface area contributed by atoms with Crippen molar-refractivity contribution in [2.75, 3.05) is 18.6 Å². The molecule has 0 saturated carbocycles. The first kappa shape index (κ1) is 14.3. The summed E-state index contributed by atoms with van der Waals surface area (Å²) in [5, 5.41) is 5.35. The molecule has 1 aromatic rings. The van der Waals surface area contributed by atoms with E-state index in [4.69, 9.17) is 5.73 Å². The second kappa shape index (κ2) is 6.83. The summed E-state index contributed by atoms with van der Waals surface area (Å²) in [5.74, 6) is 0.230. The molecule has 1 rings (SSSR count). The Hall–Kier alpha value is -0.790. The molecular formula is C10H17N3O2S2. The Labute approximate surface area is 107 Å². The van der Waals surface area contributed by atoms with E-state index >= 15 is 0 Å². The van der Waals surface area contributed by atoms with Crippen LogP contribution in [-0.4, -0.2) is 39.7 Å². The molecule has 0 bridgehead atoms. The minimum absolute atomic E-state index is 0.118. The fraction of sp³-hybridized carbons (Fsp3) is 0.600. The highest BCUT2D eigenvalue weighted by Gasteiger charge is 2.13. The van der Waals surface area contributed by atoms with Crippen LogP contribution in [-0.2, 0) is 17.2 Å². The van der Waals surface area contributed by atoms with E-state index in [9.17, 15) is 9.00 Å². The quantitative estimate of drug-likeness (QED) is 0.773. The van der Waals surface area contributed by atoms with Crippen molar-refractivity contribution in [2.24, 2.45) is 5.73 Å². The highest BCUT2D eigenvalue weighted by Crippen LogP contribution is 2.10. The van der Waals surface area contributed by atoms with Gasteiger partial charge in [0.2, 0.25) is 0 Å². The Kier molecular flexibility index (Phi) is 5.73. The molecule has 5 nitrogen and oxygen atoms in total. The first-order chi connectivity index (χ1) is 8.02. The van der Waals surface area contributed by atoms with Crippen LogP contribution in [0.3, 0.4) is 0 Å². The Morgan fingerprint density at radius 1 is 1.71 bits per heavy atom. The molecule has 2 atom stereocenters. The Balaban J connectivity index is 2.54. The van der Waals surface area contributed by atoms with E-state index in [1.54, 1.807) is 11.6 Å². The Morgan fingerprint density at radius 2 is 2.41 bits per heavy atom.